The quantitative estimate of drug-likeness (QED) is 0.879. The van der Waals surface area contributed by atoms with Crippen molar-refractivity contribution in [2.45, 2.75) is 32.9 Å². The van der Waals surface area contributed by atoms with Gasteiger partial charge in [-0.1, -0.05) is 31.5 Å². The van der Waals surface area contributed by atoms with Crippen molar-refractivity contribution >= 4 is 11.6 Å². The van der Waals surface area contributed by atoms with Crippen LogP contribution in [0.4, 0.5) is 4.39 Å². The van der Waals surface area contributed by atoms with Crippen LogP contribution in [-0.2, 0) is 6.54 Å². The fraction of sp³-hybridized carbons (Fsp3) is 0.400. The first-order valence-electron chi connectivity index (χ1n) is 6.87. The SMILES string of the molecule is CCCn1ccnc1C(NCC)c1c(F)cccc1Cl. The van der Waals surface area contributed by atoms with Crippen LogP contribution in [0.1, 0.15) is 37.7 Å². The molecule has 0 saturated heterocycles. The zero-order chi connectivity index (χ0) is 14.5. The molecule has 1 heterocycles. The second kappa shape index (κ2) is 6.86. The average molecular weight is 296 g/mol. The first-order valence-corrected chi connectivity index (χ1v) is 7.25. The van der Waals surface area contributed by atoms with E-state index < -0.39 is 0 Å². The molecule has 0 saturated carbocycles. The van der Waals surface area contributed by atoms with Gasteiger partial charge in [0.15, 0.2) is 0 Å². The first kappa shape index (κ1) is 15.0. The molecule has 1 N–H and O–H groups in total. The second-order valence-electron chi connectivity index (χ2n) is 4.60. The Labute approximate surface area is 123 Å². The molecule has 0 radical (unpaired) electrons. The van der Waals surface area contributed by atoms with Crippen LogP contribution in [0.15, 0.2) is 30.6 Å². The maximum atomic E-state index is 14.2. The predicted octanol–water partition coefficient (Wildman–Crippen LogP) is 3.78. The van der Waals surface area contributed by atoms with Crippen molar-refractivity contribution in [3.05, 3.63) is 52.8 Å². The molecule has 0 aliphatic rings. The van der Waals surface area contributed by atoms with Gasteiger partial charge in [0.25, 0.3) is 0 Å². The Hall–Kier alpha value is -1.39. The third kappa shape index (κ3) is 3.02. The number of hydrogen-bond acceptors (Lipinski definition) is 2. The van der Waals surface area contributed by atoms with E-state index in [0.29, 0.717) is 17.1 Å². The summed E-state index contributed by atoms with van der Waals surface area (Å²) < 4.78 is 16.2. The molecule has 1 aromatic carbocycles. The third-order valence-electron chi connectivity index (χ3n) is 3.17. The van der Waals surface area contributed by atoms with Crippen molar-refractivity contribution < 1.29 is 4.39 Å². The Balaban J connectivity index is 2.48. The van der Waals surface area contributed by atoms with Crippen LogP contribution in [0.3, 0.4) is 0 Å². The minimum Gasteiger partial charge on any atom is -0.333 e. The van der Waals surface area contributed by atoms with Crippen LogP contribution in [0.25, 0.3) is 0 Å². The molecular formula is C15H19ClFN3. The summed E-state index contributed by atoms with van der Waals surface area (Å²) in [5.41, 5.74) is 0.458. The summed E-state index contributed by atoms with van der Waals surface area (Å²) in [6.45, 7) is 5.63. The Morgan fingerprint density at radius 2 is 2.20 bits per heavy atom. The minimum absolute atomic E-state index is 0.311. The molecule has 108 valence electrons. The largest absolute Gasteiger partial charge is 0.333 e. The maximum Gasteiger partial charge on any atom is 0.130 e. The van der Waals surface area contributed by atoms with Gasteiger partial charge in [0.1, 0.15) is 11.6 Å². The van der Waals surface area contributed by atoms with Gasteiger partial charge in [-0.3, -0.25) is 0 Å². The summed E-state index contributed by atoms with van der Waals surface area (Å²) in [6, 6.07) is 4.41. The van der Waals surface area contributed by atoms with Crippen molar-refractivity contribution in [1.29, 1.82) is 0 Å². The standard InChI is InChI=1S/C15H19ClFN3/c1-3-9-20-10-8-19-15(20)14(18-4-2)13-11(16)6-5-7-12(13)17/h5-8,10,14,18H,3-4,9H2,1-2H3. The van der Waals surface area contributed by atoms with Gasteiger partial charge < -0.3 is 9.88 Å². The molecule has 0 aliphatic carbocycles. The highest BCUT2D eigenvalue weighted by molar-refractivity contribution is 6.31. The van der Waals surface area contributed by atoms with Gasteiger partial charge in [0.05, 0.1) is 6.04 Å². The molecule has 2 rings (SSSR count). The lowest BCUT2D eigenvalue weighted by Crippen LogP contribution is -2.26. The molecule has 2 aromatic rings. The molecule has 0 bridgehead atoms. The molecule has 1 atom stereocenters. The van der Waals surface area contributed by atoms with Gasteiger partial charge in [-0.05, 0) is 25.1 Å². The van der Waals surface area contributed by atoms with Crippen LogP contribution < -0.4 is 5.32 Å². The van der Waals surface area contributed by atoms with E-state index in [4.69, 9.17) is 11.6 Å². The van der Waals surface area contributed by atoms with Crippen LogP contribution in [-0.4, -0.2) is 16.1 Å². The fourth-order valence-corrected chi connectivity index (χ4v) is 2.60. The van der Waals surface area contributed by atoms with E-state index in [0.717, 1.165) is 18.8 Å². The highest BCUT2D eigenvalue weighted by Gasteiger charge is 2.23. The van der Waals surface area contributed by atoms with Gasteiger partial charge in [-0.15, -0.1) is 0 Å². The second-order valence-corrected chi connectivity index (χ2v) is 5.01. The molecule has 0 spiro atoms. The summed E-state index contributed by atoms with van der Waals surface area (Å²) in [4.78, 5) is 4.39. The number of nitrogens with zero attached hydrogens (tertiary/aromatic N) is 2. The maximum absolute atomic E-state index is 14.2. The number of nitrogens with one attached hydrogen (secondary N) is 1. The van der Waals surface area contributed by atoms with E-state index >= 15 is 0 Å². The van der Waals surface area contributed by atoms with Crippen LogP contribution in [0.2, 0.25) is 5.02 Å². The average Bonchev–Trinajstić information content (AvgIpc) is 2.86. The van der Waals surface area contributed by atoms with Crippen LogP contribution >= 0.6 is 11.6 Å². The van der Waals surface area contributed by atoms with Gasteiger partial charge in [0.2, 0.25) is 0 Å². The summed E-state index contributed by atoms with van der Waals surface area (Å²) in [5.74, 6) is 0.482. The number of hydrogen-bond donors (Lipinski definition) is 1. The van der Waals surface area contributed by atoms with E-state index in [9.17, 15) is 4.39 Å². The Kier molecular flexibility index (Phi) is 5.15. The molecule has 0 fully saturated rings. The zero-order valence-electron chi connectivity index (χ0n) is 11.7. The summed E-state index contributed by atoms with van der Waals surface area (Å²) >= 11 is 6.19. The van der Waals surface area contributed by atoms with Gasteiger partial charge >= 0.3 is 0 Å². The van der Waals surface area contributed by atoms with E-state index in [2.05, 4.69) is 17.2 Å². The fourth-order valence-electron chi connectivity index (χ4n) is 2.32. The summed E-state index contributed by atoms with van der Waals surface area (Å²) in [7, 11) is 0. The number of imidazole rings is 1. The van der Waals surface area contributed by atoms with Gasteiger partial charge in [-0.25, -0.2) is 9.37 Å². The molecule has 1 aromatic heterocycles. The summed E-state index contributed by atoms with van der Waals surface area (Å²) in [6.07, 6.45) is 4.65. The minimum atomic E-state index is -0.338. The van der Waals surface area contributed by atoms with Crippen molar-refractivity contribution in [3.63, 3.8) is 0 Å². The van der Waals surface area contributed by atoms with Crippen molar-refractivity contribution in [1.82, 2.24) is 14.9 Å². The molecule has 0 amide bonds. The number of aryl methyl sites for hydroxylation is 1. The van der Waals surface area contributed by atoms with Crippen LogP contribution in [0, 0.1) is 5.82 Å². The monoisotopic (exact) mass is 295 g/mol. The first-order chi connectivity index (χ1) is 9.69. The van der Waals surface area contributed by atoms with Crippen molar-refractivity contribution in [2.24, 2.45) is 0 Å². The lowest BCUT2D eigenvalue weighted by atomic mass is 10.0. The lowest BCUT2D eigenvalue weighted by molar-refractivity contribution is 0.515. The van der Waals surface area contributed by atoms with E-state index in [1.807, 2.05) is 17.7 Å². The molecule has 20 heavy (non-hydrogen) atoms. The number of aromatic nitrogens is 2. The summed E-state index contributed by atoms with van der Waals surface area (Å²) in [5, 5.41) is 3.69. The molecule has 1 unspecified atom stereocenters. The smallest absolute Gasteiger partial charge is 0.130 e. The predicted molar refractivity (Wildman–Crippen MR) is 79.4 cm³/mol. The topological polar surface area (TPSA) is 29.9 Å². The Bertz CT molecular complexity index is 548. The van der Waals surface area contributed by atoms with Crippen molar-refractivity contribution in [2.75, 3.05) is 6.54 Å². The lowest BCUT2D eigenvalue weighted by Gasteiger charge is -2.21. The molecule has 0 aliphatic heterocycles. The van der Waals surface area contributed by atoms with E-state index in [-0.39, 0.29) is 11.9 Å². The molecule has 3 nitrogen and oxygen atoms in total. The van der Waals surface area contributed by atoms with E-state index in [1.54, 1.807) is 18.3 Å². The number of benzene rings is 1. The van der Waals surface area contributed by atoms with Gasteiger partial charge in [-0.2, -0.15) is 0 Å². The highest BCUT2D eigenvalue weighted by atomic mass is 35.5. The third-order valence-corrected chi connectivity index (χ3v) is 3.50. The van der Waals surface area contributed by atoms with Crippen LogP contribution in [0.5, 0.6) is 0 Å². The number of halogens is 2. The zero-order valence-corrected chi connectivity index (χ0v) is 12.5. The Morgan fingerprint density at radius 3 is 2.85 bits per heavy atom. The highest BCUT2D eigenvalue weighted by Crippen LogP contribution is 2.30. The van der Waals surface area contributed by atoms with Crippen molar-refractivity contribution in [3.8, 4) is 0 Å². The molecular weight excluding hydrogens is 277 g/mol. The van der Waals surface area contributed by atoms with Gasteiger partial charge in [0, 0.05) is 29.5 Å². The normalized spacial score (nSPS) is 12.6. The van der Waals surface area contributed by atoms with E-state index in [1.165, 1.54) is 6.07 Å². The Morgan fingerprint density at radius 1 is 1.40 bits per heavy atom. The number of rotatable bonds is 6. The molecule has 5 heteroatoms.